The highest BCUT2D eigenvalue weighted by molar-refractivity contribution is 5.84. The molecule has 1 atom stereocenters. The fraction of sp³-hybridized carbons (Fsp3) is 0.611. The molecule has 21 heavy (non-hydrogen) atoms. The Morgan fingerprint density at radius 2 is 1.71 bits per heavy atom. The molecule has 1 aromatic carbocycles. The van der Waals surface area contributed by atoms with Gasteiger partial charge >= 0.3 is 0 Å². The molecule has 0 aliphatic heterocycles. The van der Waals surface area contributed by atoms with E-state index in [0.29, 0.717) is 6.04 Å². The standard InChI is InChI=1S/C18H28N2O/c1-13(17(21)20-15-7-5-6-8-15)19-16-11-9-14(10-12-16)18(2,3)4/h9-13,15,19H,5-8H2,1-4H3,(H,20,21). The van der Waals surface area contributed by atoms with E-state index in [2.05, 4.69) is 55.7 Å². The third kappa shape index (κ3) is 4.48. The molecule has 2 rings (SSSR count). The van der Waals surface area contributed by atoms with Crippen LogP contribution in [-0.4, -0.2) is 18.0 Å². The quantitative estimate of drug-likeness (QED) is 0.883. The highest BCUT2D eigenvalue weighted by Gasteiger charge is 2.20. The van der Waals surface area contributed by atoms with Crippen molar-refractivity contribution in [2.75, 3.05) is 5.32 Å². The van der Waals surface area contributed by atoms with Crippen LogP contribution in [0.25, 0.3) is 0 Å². The van der Waals surface area contributed by atoms with E-state index in [4.69, 9.17) is 0 Å². The molecule has 0 spiro atoms. The van der Waals surface area contributed by atoms with Crippen molar-refractivity contribution in [3.63, 3.8) is 0 Å². The summed E-state index contributed by atoms with van der Waals surface area (Å²) in [6.45, 7) is 8.52. The third-order valence-electron chi connectivity index (χ3n) is 4.23. The van der Waals surface area contributed by atoms with Crippen LogP contribution >= 0.6 is 0 Å². The smallest absolute Gasteiger partial charge is 0.242 e. The van der Waals surface area contributed by atoms with E-state index in [1.54, 1.807) is 0 Å². The van der Waals surface area contributed by atoms with Crippen molar-refractivity contribution in [1.82, 2.24) is 5.32 Å². The first-order chi connectivity index (χ1) is 9.86. The van der Waals surface area contributed by atoms with Crippen LogP contribution in [0.1, 0.15) is 58.9 Å². The number of hydrogen-bond donors (Lipinski definition) is 2. The summed E-state index contributed by atoms with van der Waals surface area (Å²) in [4.78, 5) is 12.2. The van der Waals surface area contributed by atoms with Crippen LogP contribution in [0.4, 0.5) is 5.69 Å². The fourth-order valence-corrected chi connectivity index (χ4v) is 2.78. The second-order valence-corrected chi connectivity index (χ2v) is 7.18. The first-order valence-electron chi connectivity index (χ1n) is 8.04. The van der Waals surface area contributed by atoms with Gasteiger partial charge in [0.25, 0.3) is 0 Å². The maximum Gasteiger partial charge on any atom is 0.242 e. The molecular weight excluding hydrogens is 260 g/mol. The number of carbonyl (C=O) groups excluding carboxylic acids is 1. The summed E-state index contributed by atoms with van der Waals surface area (Å²) in [6.07, 6.45) is 4.72. The minimum Gasteiger partial charge on any atom is -0.374 e. The number of anilines is 1. The average Bonchev–Trinajstić information content (AvgIpc) is 2.91. The summed E-state index contributed by atoms with van der Waals surface area (Å²) < 4.78 is 0. The third-order valence-corrected chi connectivity index (χ3v) is 4.23. The van der Waals surface area contributed by atoms with Gasteiger partial charge in [-0.1, -0.05) is 45.7 Å². The van der Waals surface area contributed by atoms with E-state index < -0.39 is 0 Å². The minimum absolute atomic E-state index is 0.0989. The van der Waals surface area contributed by atoms with Crippen LogP contribution in [0.5, 0.6) is 0 Å². The zero-order valence-corrected chi connectivity index (χ0v) is 13.7. The second-order valence-electron chi connectivity index (χ2n) is 7.18. The molecule has 0 saturated heterocycles. The van der Waals surface area contributed by atoms with Crippen molar-refractivity contribution in [2.24, 2.45) is 0 Å². The van der Waals surface area contributed by atoms with Crippen molar-refractivity contribution in [3.05, 3.63) is 29.8 Å². The van der Waals surface area contributed by atoms with E-state index in [-0.39, 0.29) is 17.4 Å². The molecule has 1 fully saturated rings. The molecule has 0 radical (unpaired) electrons. The first-order valence-corrected chi connectivity index (χ1v) is 8.04. The lowest BCUT2D eigenvalue weighted by Gasteiger charge is -2.21. The molecule has 3 nitrogen and oxygen atoms in total. The van der Waals surface area contributed by atoms with Gasteiger partial charge in [-0.25, -0.2) is 0 Å². The number of hydrogen-bond acceptors (Lipinski definition) is 2. The topological polar surface area (TPSA) is 41.1 Å². The van der Waals surface area contributed by atoms with E-state index in [1.807, 2.05) is 6.92 Å². The Morgan fingerprint density at radius 3 is 2.24 bits per heavy atom. The van der Waals surface area contributed by atoms with E-state index in [0.717, 1.165) is 18.5 Å². The highest BCUT2D eigenvalue weighted by Crippen LogP contribution is 2.23. The highest BCUT2D eigenvalue weighted by atomic mass is 16.2. The van der Waals surface area contributed by atoms with Gasteiger partial charge in [0, 0.05) is 11.7 Å². The number of amides is 1. The summed E-state index contributed by atoms with van der Waals surface area (Å²) in [5.41, 5.74) is 2.46. The lowest BCUT2D eigenvalue weighted by molar-refractivity contribution is -0.122. The van der Waals surface area contributed by atoms with Gasteiger partial charge < -0.3 is 10.6 Å². The van der Waals surface area contributed by atoms with Crippen molar-refractivity contribution < 1.29 is 4.79 Å². The Kier molecular flexibility index (Phi) is 4.92. The zero-order valence-electron chi connectivity index (χ0n) is 13.7. The summed E-state index contributed by atoms with van der Waals surface area (Å²) >= 11 is 0. The molecule has 2 N–H and O–H groups in total. The predicted molar refractivity (Wildman–Crippen MR) is 88.6 cm³/mol. The largest absolute Gasteiger partial charge is 0.374 e. The Hall–Kier alpha value is -1.51. The van der Waals surface area contributed by atoms with Crippen LogP contribution in [-0.2, 0) is 10.2 Å². The molecule has 116 valence electrons. The van der Waals surface area contributed by atoms with Gasteiger partial charge in [-0.15, -0.1) is 0 Å². The zero-order chi connectivity index (χ0) is 15.5. The molecule has 1 amide bonds. The van der Waals surface area contributed by atoms with Crippen molar-refractivity contribution >= 4 is 11.6 Å². The van der Waals surface area contributed by atoms with Crippen molar-refractivity contribution in [2.45, 2.75) is 70.9 Å². The molecule has 1 aliphatic carbocycles. The summed E-state index contributed by atoms with van der Waals surface area (Å²) in [7, 11) is 0. The molecule has 0 heterocycles. The van der Waals surface area contributed by atoms with Crippen LogP contribution in [0.2, 0.25) is 0 Å². The van der Waals surface area contributed by atoms with Gasteiger partial charge in [0.1, 0.15) is 6.04 Å². The lowest BCUT2D eigenvalue weighted by Crippen LogP contribution is -2.42. The number of rotatable bonds is 4. The molecule has 1 aromatic rings. The number of carbonyl (C=O) groups is 1. The normalized spacial score (nSPS) is 17.5. The maximum atomic E-state index is 12.2. The van der Waals surface area contributed by atoms with Crippen LogP contribution < -0.4 is 10.6 Å². The number of benzene rings is 1. The second kappa shape index (κ2) is 6.50. The van der Waals surface area contributed by atoms with Gasteiger partial charge in [0.15, 0.2) is 0 Å². The van der Waals surface area contributed by atoms with Crippen LogP contribution in [0.15, 0.2) is 24.3 Å². The SMILES string of the molecule is CC(Nc1ccc(C(C)(C)C)cc1)C(=O)NC1CCCC1. The Bertz CT molecular complexity index is 467. The van der Waals surface area contributed by atoms with E-state index in [9.17, 15) is 4.79 Å². The molecule has 1 aliphatic rings. The van der Waals surface area contributed by atoms with Crippen molar-refractivity contribution in [1.29, 1.82) is 0 Å². The van der Waals surface area contributed by atoms with Gasteiger partial charge in [0.05, 0.1) is 0 Å². The van der Waals surface area contributed by atoms with E-state index >= 15 is 0 Å². The van der Waals surface area contributed by atoms with Crippen LogP contribution in [0, 0.1) is 0 Å². The summed E-state index contributed by atoms with van der Waals surface area (Å²) in [6, 6.07) is 8.55. The predicted octanol–water partition coefficient (Wildman–Crippen LogP) is 3.84. The average molecular weight is 288 g/mol. The minimum atomic E-state index is -0.203. The van der Waals surface area contributed by atoms with Crippen LogP contribution in [0.3, 0.4) is 0 Å². The molecular formula is C18H28N2O. The monoisotopic (exact) mass is 288 g/mol. The Morgan fingerprint density at radius 1 is 1.14 bits per heavy atom. The van der Waals surface area contributed by atoms with Gasteiger partial charge in [-0.2, -0.15) is 0 Å². The van der Waals surface area contributed by atoms with Gasteiger partial charge in [-0.3, -0.25) is 4.79 Å². The maximum absolute atomic E-state index is 12.2. The summed E-state index contributed by atoms with van der Waals surface area (Å²) in [5.74, 6) is 0.0989. The van der Waals surface area contributed by atoms with E-state index in [1.165, 1.54) is 18.4 Å². The molecule has 1 unspecified atom stereocenters. The lowest BCUT2D eigenvalue weighted by atomic mass is 9.87. The Labute approximate surface area is 128 Å². The fourth-order valence-electron chi connectivity index (χ4n) is 2.78. The van der Waals surface area contributed by atoms with Crippen molar-refractivity contribution in [3.8, 4) is 0 Å². The first kappa shape index (κ1) is 15.9. The van der Waals surface area contributed by atoms with Gasteiger partial charge in [-0.05, 0) is 42.9 Å². The molecule has 0 bridgehead atoms. The Balaban J connectivity index is 1.89. The molecule has 3 heteroatoms. The summed E-state index contributed by atoms with van der Waals surface area (Å²) in [5, 5.41) is 6.42. The van der Waals surface area contributed by atoms with Gasteiger partial charge in [0.2, 0.25) is 5.91 Å². The molecule has 0 aromatic heterocycles. The number of nitrogens with one attached hydrogen (secondary N) is 2. The molecule has 1 saturated carbocycles.